The molecule has 0 fully saturated rings. The lowest BCUT2D eigenvalue weighted by Crippen LogP contribution is -2.26. The summed E-state index contributed by atoms with van der Waals surface area (Å²) in [7, 11) is 0. The van der Waals surface area contributed by atoms with Gasteiger partial charge in [-0.05, 0) is 44.5 Å². The van der Waals surface area contributed by atoms with E-state index in [4.69, 9.17) is 4.42 Å². The minimum atomic E-state index is -0.0903. The number of aryl methyl sites for hydroxylation is 3. The van der Waals surface area contributed by atoms with Crippen LogP contribution in [-0.4, -0.2) is 22.4 Å². The molecule has 0 spiro atoms. The van der Waals surface area contributed by atoms with Crippen molar-refractivity contribution in [3.63, 3.8) is 0 Å². The number of hydrogen-bond donors (Lipinski definition) is 1. The molecule has 0 aliphatic heterocycles. The molecule has 0 radical (unpaired) electrons. The topological polar surface area (TPSA) is 68.0 Å². The molecule has 3 rings (SSSR count). The number of amides is 1. The molecule has 128 valence electrons. The van der Waals surface area contributed by atoms with Gasteiger partial charge in [-0.25, -0.2) is 4.98 Å². The summed E-state index contributed by atoms with van der Waals surface area (Å²) in [6.45, 7) is 6.16. The summed E-state index contributed by atoms with van der Waals surface area (Å²) in [5.74, 6) is 1.30. The van der Waals surface area contributed by atoms with E-state index in [1.54, 1.807) is 12.3 Å². The lowest BCUT2D eigenvalue weighted by atomic mass is 10.1. The van der Waals surface area contributed by atoms with E-state index in [2.05, 4.69) is 15.3 Å². The highest BCUT2D eigenvalue weighted by Gasteiger charge is 2.13. The minimum Gasteiger partial charge on any atom is -0.441 e. The van der Waals surface area contributed by atoms with Crippen LogP contribution in [-0.2, 0) is 6.42 Å². The Balaban J connectivity index is 1.63. The molecular formula is C20H21N3O2. The van der Waals surface area contributed by atoms with Crippen LogP contribution in [0.5, 0.6) is 0 Å². The van der Waals surface area contributed by atoms with Crippen LogP contribution in [0.4, 0.5) is 0 Å². The highest BCUT2D eigenvalue weighted by atomic mass is 16.4. The highest BCUT2D eigenvalue weighted by molar-refractivity contribution is 5.95. The fourth-order valence-corrected chi connectivity index (χ4v) is 2.63. The number of hydrogen-bond acceptors (Lipinski definition) is 4. The molecule has 25 heavy (non-hydrogen) atoms. The van der Waals surface area contributed by atoms with Crippen molar-refractivity contribution >= 4 is 5.91 Å². The second-order valence-electron chi connectivity index (χ2n) is 6.03. The first-order valence-corrected chi connectivity index (χ1v) is 8.28. The standard InChI is InChI=1S/C20H21N3O2/c1-13-12-22-14(2)11-17(13)19(24)21-10-9-18-15(3)25-20(23-18)16-7-5-4-6-8-16/h4-8,11-12H,9-10H2,1-3H3,(H,21,24). The van der Waals surface area contributed by atoms with Gasteiger partial charge >= 0.3 is 0 Å². The zero-order valence-corrected chi connectivity index (χ0v) is 14.7. The summed E-state index contributed by atoms with van der Waals surface area (Å²) in [5.41, 5.74) is 4.17. The number of rotatable bonds is 5. The van der Waals surface area contributed by atoms with Gasteiger partial charge in [0.2, 0.25) is 5.89 Å². The zero-order valence-electron chi connectivity index (χ0n) is 14.7. The van der Waals surface area contributed by atoms with Gasteiger partial charge < -0.3 is 9.73 Å². The molecule has 1 amide bonds. The fourth-order valence-electron chi connectivity index (χ4n) is 2.63. The highest BCUT2D eigenvalue weighted by Crippen LogP contribution is 2.21. The Kier molecular flexibility index (Phi) is 4.93. The first-order valence-electron chi connectivity index (χ1n) is 8.28. The van der Waals surface area contributed by atoms with E-state index in [0.29, 0.717) is 24.4 Å². The second kappa shape index (κ2) is 7.30. The summed E-state index contributed by atoms with van der Waals surface area (Å²) >= 11 is 0. The smallest absolute Gasteiger partial charge is 0.251 e. The molecule has 2 heterocycles. The van der Waals surface area contributed by atoms with Gasteiger partial charge in [-0.2, -0.15) is 0 Å². The van der Waals surface area contributed by atoms with Crippen LogP contribution in [0.1, 0.15) is 33.1 Å². The quantitative estimate of drug-likeness (QED) is 0.773. The average Bonchev–Trinajstić information content (AvgIpc) is 2.98. The van der Waals surface area contributed by atoms with E-state index in [1.807, 2.05) is 51.1 Å². The number of benzene rings is 1. The van der Waals surface area contributed by atoms with Crippen molar-refractivity contribution in [3.8, 4) is 11.5 Å². The van der Waals surface area contributed by atoms with Crippen molar-refractivity contribution in [2.75, 3.05) is 6.54 Å². The van der Waals surface area contributed by atoms with Crippen molar-refractivity contribution < 1.29 is 9.21 Å². The summed E-state index contributed by atoms with van der Waals surface area (Å²) in [6, 6.07) is 11.6. The Labute approximate surface area is 147 Å². The van der Waals surface area contributed by atoms with E-state index < -0.39 is 0 Å². The van der Waals surface area contributed by atoms with Gasteiger partial charge in [0.05, 0.1) is 5.69 Å². The van der Waals surface area contributed by atoms with Crippen LogP contribution in [0.3, 0.4) is 0 Å². The summed E-state index contributed by atoms with van der Waals surface area (Å²) in [5, 5.41) is 2.94. The summed E-state index contributed by atoms with van der Waals surface area (Å²) in [6.07, 6.45) is 2.34. The van der Waals surface area contributed by atoms with E-state index in [0.717, 1.165) is 28.3 Å². The normalized spacial score (nSPS) is 10.7. The van der Waals surface area contributed by atoms with Gasteiger partial charge in [0.25, 0.3) is 5.91 Å². The fraction of sp³-hybridized carbons (Fsp3) is 0.250. The van der Waals surface area contributed by atoms with E-state index in [9.17, 15) is 4.79 Å². The van der Waals surface area contributed by atoms with Crippen molar-refractivity contribution in [3.05, 3.63) is 70.9 Å². The minimum absolute atomic E-state index is 0.0903. The largest absolute Gasteiger partial charge is 0.441 e. The molecule has 5 nitrogen and oxygen atoms in total. The Morgan fingerprint density at radius 2 is 1.92 bits per heavy atom. The van der Waals surface area contributed by atoms with Crippen molar-refractivity contribution in [2.24, 2.45) is 0 Å². The number of nitrogens with one attached hydrogen (secondary N) is 1. The molecule has 0 unspecified atom stereocenters. The molecule has 5 heteroatoms. The van der Waals surface area contributed by atoms with E-state index in [-0.39, 0.29) is 5.91 Å². The maximum atomic E-state index is 12.3. The van der Waals surface area contributed by atoms with Gasteiger partial charge in [0, 0.05) is 36.0 Å². The molecule has 3 aromatic rings. The van der Waals surface area contributed by atoms with Gasteiger partial charge in [-0.15, -0.1) is 0 Å². The predicted octanol–water partition coefficient (Wildman–Crippen LogP) is 3.63. The van der Waals surface area contributed by atoms with Crippen LogP contribution in [0, 0.1) is 20.8 Å². The molecule has 1 N–H and O–H groups in total. The molecule has 0 aliphatic carbocycles. The molecule has 0 atom stereocenters. The molecule has 0 aliphatic rings. The predicted molar refractivity (Wildman–Crippen MR) is 96.4 cm³/mol. The lowest BCUT2D eigenvalue weighted by molar-refractivity contribution is 0.0953. The number of aromatic nitrogens is 2. The Hall–Kier alpha value is -2.95. The van der Waals surface area contributed by atoms with Crippen LogP contribution >= 0.6 is 0 Å². The van der Waals surface area contributed by atoms with Crippen LogP contribution in [0.15, 0.2) is 47.0 Å². The monoisotopic (exact) mass is 335 g/mol. The summed E-state index contributed by atoms with van der Waals surface area (Å²) in [4.78, 5) is 21.1. The first kappa shape index (κ1) is 16.9. The Morgan fingerprint density at radius 1 is 1.16 bits per heavy atom. The molecule has 1 aromatic carbocycles. The third-order valence-electron chi connectivity index (χ3n) is 4.05. The van der Waals surface area contributed by atoms with Crippen molar-refractivity contribution in [2.45, 2.75) is 27.2 Å². The van der Waals surface area contributed by atoms with Gasteiger partial charge in [-0.3, -0.25) is 9.78 Å². The first-order chi connectivity index (χ1) is 12.0. The third kappa shape index (κ3) is 3.94. The Bertz CT molecular complexity index is 885. The molecule has 2 aromatic heterocycles. The number of oxazole rings is 1. The molecule has 0 bridgehead atoms. The Morgan fingerprint density at radius 3 is 2.68 bits per heavy atom. The number of pyridine rings is 1. The third-order valence-corrected chi connectivity index (χ3v) is 4.05. The lowest BCUT2D eigenvalue weighted by Gasteiger charge is -2.07. The van der Waals surface area contributed by atoms with Crippen molar-refractivity contribution in [1.29, 1.82) is 0 Å². The molecule has 0 saturated carbocycles. The van der Waals surface area contributed by atoms with Crippen LogP contribution < -0.4 is 5.32 Å². The summed E-state index contributed by atoms with van der Waals surface area (Å²) < 4.78 is 5.75. The van der Waals surface area contributed by atoms with Gasteiger partial charge in [-0.1, -0.05) is 18.2 Å². The maximum Gasteiger partial charge on any atom is 0.251 e. The number of nitrogens with zero attached hydrogens (tertiary/aromatic N) is 2. The van der Waals surface area contributed by atoms with Crippen LogP contribution in [0.25, 0.3) is 11.5 Å². The van der Waals surface area contributed by atoms with E-state index >= 15 is 0 Å². The van der Waals surface area contributed by atoms with Crippen molar-refractivity contribution in [1.82, 2.24) is 15.3 Å². The average molecular weight is 335 g/mol. The van der Waals surface area contributed by atoms with E-state index in [1.165, 1.54) is 0 Å². The van der Waals surface area contributed by atoms with Gasteiger partial charge in [0.1, 0.15) is 5.76 Å². The molecule has 0 saturated heterocycles. The second-order valence-corrected chi connectivity index (χ2v) is 6.03. The number of carbonyl (C=O) groups is 1. The van der Waals surface area contributed by atoms with Crippen LogP contribution in [0.2, 0.25) is 0 Å². The maximum absolute atomic E-state index is 12.3. The van der Waals surface area contributed by atoms with Gasteiger partial charge in [0.15, 0.2) is 0 Å². The molecular weight excluding hydrogens is 314 g/mol. The zero-order chi connectivity index (χ0) is 17.8. The number of carbonyl (C=O) groups excluding carboxylic acids is 1. The SMILES string of the molecule is Cc1cc(C(=O)NCCc2nc(-c3ccccc3)oc2C)c(C)cn1.